The SMILES string of the molecule is C=Cc1ccc(C(=O)OO)c(C)c1. The van der Waals surface area contributed by atoms with Crippen molar-refractivity contribution >= 4 is 12.0 Å². The summed E-state index contributed by atoms with van der Waals surface area (Å²) in [4.78, 5) is 14.6. The molecule has 68 valence electrons. The highest BCUT2D eigenvalue weighted by Crippen LogP contribution is 2.12. The number of rotatable bonds is 2. The molecule has 0 radical (unpaired) electrons. The van der Waals surface area contributed by atoms with Gasteiger partial charge in [-0.2, -0.15) is 5.26 Å². The van der Waals surface area contributed by atoms with Gasteiger partial charge in [-0.05, 0) is 24.1 Å². The van der Waals surface area contributed by atoms with Gasteiger partial charge in [0.2, 0.25) is 0 Å². The zero-order chi connectivity index (χ0) is 9.84. The number of hydrogen-bond donors (Lipinski definition) is 1. The molecule has 0 fully saturated rings. The Balaban J connectivity index is 3.12. The van der Waals surface area contributed by atoms with E-state index in [1.165, 1.54) is 0 Å². The Labute approximate surface area is 76.2 Å². The lowest BCUT2D eigenvalue weighted by atomic mass is 10.1. The molecular formula is C10H10O3. The van der Waals surface area contributed by atoms with Crippen LogP contribution in [0.3, 0.4) is 0 Å². The molecule has 0 bridgehead atoms. The fourth-order valence-electron chi connectivity index (χ4n) is 1.09. The summed E-state index contributed by atoms with van der Waals surface area (Å²) < 4.78 is 0. The molecule has 0 unspecified atom stereocenters. The quantitative estimate of drug-likeness (QED) is 0.558. The Morgan fingerprint density at radius 2 is 2.31 bits per heavy atom. The van der Waals surface area contributed by atoms with Crippen LogP contribution in [0.2, 0.25) is 0 Å². The van der Waals surface area contributed by atoms with Crippen molar-refractivity contribution in [2.75, 3.05) is 0 Å². The Kier molecular flexibility index (Phi) is 2.82. The van der Waals surface area contributed by atoms with Crippen molar-refractivity contribution in [3.63, 3.8) is 0 Å². The van der Waals surface area contributed by atoms with Crippen LogP contribution in [-0.2, 0) is 4.89 Å². The third-order valence-electron chi connectivity index (χ3n) is 1.79. The van der Waals surface area contributed by atoms with Crippen molar-refractivity contribution in [1.29, 1.82) is 0 Å². The van der Waals surface area contributed by atoms with E-state index >= 15 is 0 Å². The highest BCUT2D eigenvalue weighted by atomic mass is 17.1. The van der Waals surface area contributed by atoms with Crippen LogP contribution < -0.4 is 0 Å². The van der Waals surface area contributed by atoms with Crippen LogP contribution >= 0.6 is 0 Å². The molecule has 1 aromatic rings. The zero-order valence-corrected chi connectivity index (χ0v) is 7.28. The van der Waals surface area contributed by atoms with Gasteiger partial charge in [-0.15, -0.1) is 0 Å². The molecule has 1 rings (SSSR count). The van der Waals surface area contributed by atoms with Gasteiger partial charge in [0.25, 0.3) is 0 Å². The smallest absolute Gasteiger partial charge is 0.295 e. The monoisotopic (exact) mass is 178 g/mol. The molecule has 1 aromatic carbocycles. The molecule has 0 amide bonds. The van der Waals surface area contributed by atoms with E-state index in [2.05, 4.69) is 11.5 Å². The van der Waals surface area contributed by atoms with Gasteiger partial charge < -0.3 is 0 Å². The summed E-state index contributed by atoms with van der Waals surface area (Å²) in [5.41, 5.74) is 2.02. The van der Waals surface area contributed by atoms with Crippen LogP contribution in [0.25, 0.3) is 6.08 Å². The second-order valence-electron chi connectivity index (χ2n) is 2.66. The standard InChI is InChI=1S/C10H10O3/c1-3-8-4-5-9(7(2)6-8)10(11)13-12/h3-6,12H,1H2,2H3. The van der Waals surface area contributed by atoms with Gasteiger partial charge in [0, 0.05) is 0 Å². The first kappa shape index (κ1) is 9.48. The van der Waals surface area contributed by atoms with Crippen LogP contribution in [0.15, 0.2) is 24.8 Å². The number of benzene rings is 1. The van der Waals surface area contributed by atoms with E-state index in [-0.39, 0.29) is 0 Å². The molecule has 0 aromatic heterocycles. The largest absolute Gasteiger partial charge is 0.373 e. The van der Waals surface area contributed by atoms with Crippen molar-refractivity contribution in [2.24, 2.45) is 0 Å². The number of carbonyl (C=O) groups is 1. The third kappa shape index (κ3) is 1.95. The number of carbonyl (C=O) groups excluding carboxylic acids is 1. The van der Waals surface area contributed by atoms with E-state index in [9.17, 15) is 4.79 Å². The van der Waals surface area contributed by atoms with Crippen LogP contribution in [-0.4, -0.2) is 11.2 Å². The highest BCUT2D eigenvalue weighted by Gasteiger charge is 2.09. The minimum Gasteiger partial charge on any atom is -0.295 e. The summed E-state index contributed by atoms with van der Waals surface area (Å²) in [6.45, 7) is 5.36. The van der Waals surface area contributed by atoms with E-state index in [4.69, 9.17) is 5.26 Å². The summed E-state index contributed by atoms with van der Waals surface area (Å²) in [6.07, 6.45) is 1.68. The summed E-state index contributed by atoms with van der Waals surface area (Å²) in [5, 5.41) is 8.17. The van der Waals surface area contributed by atoms with Crippen LogP contribution in [0.5, 0.6) is 0 Å². The minimum atomic E-state index is -0.742. The molecular weight excluding hydrogens is 168 g/mol. The molecule has 3 nitrogen and oxygen atoms in total. The average molecular weight is 178 g/mol. The van der Waals surface area contributed by atoms with E-state index in [0.29, 0.717) is 5.56 Å². The van der Waals surface area contributed by atoms with Gasteiger partial charge in [0.05, 0.1) is 5.56 Å². The second-order valence-corrected chi connectivity index (χ2v) is 2.66. The Morgan fingerprint density at radius 1 is 1.62 bits per heavy atom. The molecule has 0 saturated carbocycles. The molecule has 13 heavy (non-hydrogen) atoms. The lowest BCUT2D eigenvalue weighted by Crippen LogP contribution is -2.03. The number of hydrogen-bond acceptors (Lipinski definition) is 3. The summed E-state index contributed by atoms with van der Waals surface area (Å²) in [5.74, 6) is -0.742. The fourth-order valence-corrected chi connectivity index (χ4v) is 1.09. The van der Waals surface area contributed by atoms with Gasteiger partial charge in [-0.3, -0.25) is 4.89 Å². The molecule has 0 aliphatic rings. The molecule has 0 heterocycles. The first-order valence-electron chi connectivity index (χ1n) is 3.78. The second kappa shape index (κ2) is 3.87. The van der Waals surface area contributed by atoms with Gasteiger partial charge in [0.1, 0.15) is 0 Å². The molecule has 1 N–H and O–H groups in total. The molecule has 3 heteroatoms. The molecule has 0 saturated heterocycles. The maximum atomic E-state index is 10.9. The third-order valence-corrected chi connectivity index (χ3v) is 1.79. The van der Waals surface area contributed by atoms with Gasteiger partial charge in [0.15, 0.2) is 0 Å². The first-order chi connectivity index (χ1) is 6.19. The lowest BCUT2D eigenvalue weighted by Gasteiger charge is -2.02. The molecule has 0 aliphatic carbocycles. The first-order valence-corrected chi connectivity index (χ1v) is 3.78. The van der Waals surface area contributed by atoms with E-state index in [1.54, 1.807) is 31.2 Å². The van der Waals surface area contributed by atoms with Crippen molar-refractivity contribution in [3.8, 4) is 0 Å². The van der Waals surface area contributed by atoms with Crippen LogP contribution in [0, 0.1) is 6.92 Å². The number of aryl methyl sites for hydroxylation is 1. The van der Waals surface area contributed by atoms with Gasteiger partial charge in [-0.1, -0.05) is 24.8 Å². The van der Waals surface area contributed by atoms with Crippen molar-refractivity contribution in [1.82, 2.24) is 0 Å². The minimum absolute atomic E-state index is 0.355. The van der Waals surface area contributed by atoms with Crippen molar-refractivity contribution in [2.45, 2.75) is 6.92 Å². The van der Waals surface area contributed by atoms with Crippen LogP contribution in [0.4, 0.5) is 0 Å². The Morgan fingerprint density at radius 3 is 2.77 bits per heavy atom. The maximum Gasteiger partial charge on any atom is 0.373 e. The van der Waals surface area contributed by atoms with Crippen molar-refractivity contribution < 1.29 is 14.9 Å². The summed E-state index contributed by atoms with van der Waals surface area (Å²) in [7, 11) is 0. The molecule has 0 spiro atoms. The van der Waals surface area contributed by atoms with E-state index in [0.717, 1.165) is 11.1 Å². The average Bonchev–Trinajstić information content (AvgIpc) is 2.16. The predicted molar refractivity (Wildman–Crippen MR) is 49.3 cm³/mol. The maximum absolute atomic E-state index is 10.9. The Hall–Kier alpha value is -1.61. The normalized spacial score (nSPS) is 9.38. The topological polar surface area (TPSA) is 46.5 Å². The Bertz CT molecular complexity index is 342. The van der Waals surface area contributed by atoms with E-state index in [1.807, 2.05) is 0 Å². The predicted octanol–water partition coefficient (Wildman–Crippen LogP) is 2.27. The van der Waals surface area contributed by atoms with Crippen LogP contribution in [0.1, 0.15) is 21.5 Å². The lowest BCUT2D eigenvalue weighted by molar-refractivity contribution is -0.182. The molecule has 0 atom stereocenters. The summed E-state index contributed by atoms with van der Waals surface area (Å²) in [6, 6.07) is 5.11. The van der Waals surface area contributed by atoms with E-state index < -0.39 is 5.97 Å². The summed E-state index contributed by atoms with van der Waals surface area (Å²) >= 11 is 0. The van der Waals surface area contributed by atoms with Gasteiger partial charge in [-0.25, -0.2) is 4.79 Å². The highest BCUT2D eigenvalue weighted by molar-refractivity contribution is 5.90. The zero-order valence-electron chi connectivity index (χ0n) is 7.28. The molecule has 0 aliphatic heterocycles. The van der Waals surface area contributed by atoms with Gasteiger partial charge >= 0.3 is 5.97 Å². The fraction of sp³-hybridized carbons (Fsp3) is 0.100. The van der Waals surface area contributed by atoms with Crippen molar-refractivity contribution in [3.05, 3.63) is 41.5 Å².